The van der Waals surface area contributed by atoms with Crippen molar-refractivity contribution in [3.63, 3.8) is 0 Å². The van der Waals surface area contributed by atoms with Gasteiger partial charge in [-0.15, -0.1) is 0 Å². The molecule has 104 valence electrons. The number of hydrogen-bond acceptors (Lipinski definition) is 5. The number of aromatic nitrogens is 3. The molecule has 2 heterocycles. The molecule has 0 spiro atoms. The van der Waals surface area contributed by atoms with Gasteiger partial charge in [0.1, 0.15) is 5.82 Å². The number of nitrogen functional groups attached to an aromatic ring is 1. The Labute approximate surface area is 117 Å². The van der Waals surface area contributed by atoms with Gasteiger partial charge in [0.15, 0.2) is 0 Å². The number of carbonyl (C=O) groups is 1. The Bertz CT molecular complexity index is 634. The highest BCUT2D eigenvalue weighted by Crippen LogP contribution is 2.11. The fraction of sp³-hybridized carbons (Fsp3) is 0.286. The summed E-state index contributed by atoms with van der Waals surface area (Å²) in [5.41, 5.74) is 8.53. The van der Waals surface area contributed by atoms with Crippen molar-refractivity contribution in [3.05, 3.63) is 40.8 Å². The van der Waals surface area contributed by atoms with Crippen molar-refractivity contribution in [1.82, 2.24) is 15.0 Å². The molecule has 2 aromatic heterocycles. The summed E-state index contributed by atoms with van der Waals surface area (Å²) in [6, 6.07) is 5.10. The van der Waals surface area contributed by atoms with Crippen LogP contribution in [0.5, 0.6) is 0 Å². The molecule has 0 unspecified atom stereocenters. The van der Waals surface area contributed by atoms with Crippen molar-refractivity contribution in [2.45, 2.75) is 27.2 Å². The molecule has 0 aromatic carbocycles. The lowest BCUT2D eigenvalue weighted by molar-refractivity contribution is 0.102. The van der Waals surface area contributed by atoms with Crippen LogP contribution in [0.4, 0.5) is 11.8 Å². The molecule has 0 saturated heterocycles. The molecule has 0 fully saturated rings. The molecule has 0 radical (unpaired) electrons. The highest BCUT2D eigenvalue weighted by molar-refractivity contribution is 6.03. The standard InChI is InChI=1S/C14H17N5O/c1-4-11-6-10(7-12(15)18-11)13(20)19-14-16-8(2)5-9(3)17-14/h5-7H,4H2,1-3H3,(H2,15,18)(H,16,17,19,20). The van der Waals surface area contributed by atoms with Crippen LogP contribution in [0.25, 0.3) is 0 Å². The van der Waals surface area contributed by atoms with E-state index in [9.17, 15) is 4.79 Å². The minimum Gasteiger partial charge on any atom is -0.384 e. The Morgan fingerprint density at radius 1 is 1.15 bits per heavy atom. The van der Waals surface area contributed by atoms with Crippen molar-refractivity contribution in [2.24, 2.45) is 0 Å². The summed E-state index contributed by atoms with van der Waals surface area (Å²) in [5, 5.41) is 2.67. The van der Waals surface area contributed by atoms with Crippen LogP contribution in [0, 0.1) is 13.8 Å². The second kappa shape index (κ2) is 5.64. The molecule has 1 amide bonds. The molecule has 0 aliphatic carbocycles. The number of nitrogens with one attached hydrogen (secondary N) is 1. The topological polar surface area (TPSA) is 93.8 Å². The number of rotatable bonds is 3. The largest absolute Gasteiger partial charge is 0.384 e. The third kappa shape index (κ3) is 3.28. The Kier molecular flexibility index (Phi) is 3.93. The molecule has 0 aliphatic rings. The number of nitrogens with two attached hydrogens (primary N) is 1. The number of anilines is 2. The zero-order chi connectivity index (χ0) is 14.7. The zero-order valence-electron chi connectivity index (χ0n) is 11.8. The van der Waals surface area contributed by atoms with E-state index in [-0.39, 0.29) is 5.91 Å². The first-order valence-corrected chi connectivity index (χ1v) is 6.38. The van der Waals surface area contributed by atoms with Crippen LogP contribution >= 0.6 is 0 Å². The molecule has 0 aliphatic heterocycles. The van der Waals surface area contributed by atoms with Gasteiger partial charge in [-0.2, -0.15) is 0 Å². The summed E-state index contributed by atoms with van der Waals surface area (Å²) in [4.78, 5) is 24.7. The van der Waals surface area contributed by atoms with Gasteiger partial charge in [0.2, 0.25) is 5.95 Å². The van der Waals surface area contributed by atoms with E-state index < -0.39 is 0 Å². The normalized spacial score (nSPS) is 10.3. The maximum Gasteiger partial charge on any atom is 0.258 e. The number of hydrogen-bond donors (Lipinski definition) is 2. The monoisotopic (exact) mass is 271 g/mol. The van der Waals surface area contributed by atoms with E-state index in [1.54, 1.807) is 6.07 Å². The second-order valence-corrected chi connectivity index (χ2v) is 4.55. The van der Waals surface area contributed by atoms with E-state index in [2.05, 4.69) is 20.3 Å². The van der Waals surface area contributed by atoms with Crippen LogP contribution in [-0.2, 0) is 6.42 Å². The Balaban J connectivity index is 2.25. The molecule has 6 heteroatoms. The lowest BCUT2D eigenvalue weighted by atomic mass is 10.2. The van der Waals surface area contributed by atoms with Gasteiger partial charge in [-0.25, -0.2) is 15.0 Å². The maximum atomic E-state index is 12.2. The molecule has 3 N–H and O–H groups in total. The van der Waals surface area contributed by atoms with Crippen LogP contribution in [0.3, 0.4) is 0 Å². The summed E-state index contributed by atoms with van der Waals surface area (Å²) in [6.45, 7) is 5.66. The fourth-order valence-electron chi connectivity index (χ4n) is 1.88. The molecule has 20 heavy (non-hydrogen) atoms. The number of carbonyl (C=O) groups excluding carboxylic acids is 1. The second-order valence-electron chi connectivity index (χ2n) is 4.55. The Morgan fingerprint density at radius 3 is 2.40 bits per heavy atom. The summed E-state index contributed by atoms with van der Waals surface area (Å²) >= 11 is 0. The van der Waals surface area contributed by atoms with Crippen molar-refractivity contribution in [2.75, 3.05) is 11.1 Å². The maximum absolute atomic E-state index is 12.2. The van der Waals surface area contributed by atoms with Crippen molar-refractivity contribution < 1.29 is 4.79 Å². The highest BCUT2D eigenvalue weighted by Gasteiger charge is 2.10. The van der Waals surface area contributed by atoms with E-state index >= 15 is 0 Å². The predicted octanol–water partition coefficient (Wildman–Crippen LogP) is 1.89. The van der Waals surface area contributed by atoms with Crippen LogP contribution < -0.4 is 11.1 Å². The van der Waals surface area contributed by atoms with Crippen LogP contribution in [0.1, 0.15) is 34.4 Å². The smallest absolute Gasteiger partial charge is 0.258 e. The molecule has 6 nitrogen and oxygen atoms in total. The molecule has 0 saturated carbocycles. The third-order valence-electron chi connectivity index (χ3n) is 2.73. The number of nitrogens with zero attached hydrogens (tertiary/aromatic N) is 3. The molecule has 0 atom stereocenters. The first kappa shape index (κ1) is 13.9. The van der Waals surface area contributed by atoms with E-state index in [1.165, 1.54) is 6.07 Å². The van der Waals surface area contributed by atoms with Crippen molar-refractivity contribution in [3.8, 4) is 0 Å². The summed E-state index contributed by atoms with van der Waals surface area (Å²) in [6.07, 6.45) is 0.714. The van der Waals surface area contributed by atoms with E-state index in [1.807, 2.05) is 26.8 Å². The number of pyridine rings is 1. The lowest BCUT2D eigenvalue weighted by Gasteiger charge is -2.07. The Morgan fingerprint density at radius 2 is 1.80 bits per heavy atom. The first-order valence-electron chi connectivity index (χ1n) is 6.38. The summed E-state index contributed by atoms with van der Waals surface area (Å²) in [5.74, 6) is 0.329. The SMILES string of the molecule is CCc1cc(C(=O)Nc2nc(C)cc(C)n2)cc(N)n1. The van der Waals surface area contributed by atoms with E-state index in [0.29, 0.717) is 23.8 Å². The third-order valence-corrected chi connectivity index (χ3v) is 2.73. The summed E-state index contributed by atoms with van der Waals surface area (Å²) in [7, 11) is 0. The van der Waals surface area contributed by atoms with Crippen molar-refractivity contribution in [1.29, 1.82) is 0 Å². The van der Waals surface area contributed by atoms with Gasteiger partial charge in [-0.1, -0.05) is 6.92 Å². The van der Waals surface area contributed by atoms with Crippen LogP contribution in [0.2, 0.25) is 0 Å². The minimum atomic E-state index is -0.293. The summed E-state index contributed by atoms with van der Waals surface area (Å²) < 4.78 is 0. The van der Waals surface area contributed by atoms with Gasteiger partial charge in [-0.05, 0) is 38.5 Å². The molecule has 0 bridgehead atoms. The molecular weight excluding hydrogens is 254 g/mol. The first-order chi connectivity index (χ1) is 9.47. The van der Waals surface area contributed by atoms with E-state index in [4.69, 9.17) is 5.73 Å². The van der Waals surface area contributed by atoms with Gasteiger partial charge in [-0.3, -0.25) is 10.1 Å². The quantitative estimate of drug-likeness (QED) is 0.889. The Hall–Kier alpha value is -2.50. The van der Waals surface area contributed by atoms with Gasteiger partial charge >= 0.3 is 0 Å². The van der Waals surface area contributed by atoms with Crippen molar-refractivity contribution >= 4 is 17.7 Å². The predicted molar refractivity (Wildman–Crippen MR) is 77.5 cm³/mol. The van der Waals surface area contributed by atoms with Gasteiger partial charge in [0.05, 0.1) is 0 Å². The minimum absolute atomic E-state index is 0.293. The number of amides is 1. The van der Waals surface area contributed by atoms with Gasteiger partial charge < -0.3 is 5.73 Å². The lowest BCUT2D eigenvalue weighted by Crippen LogP contribution is -2.16. The zero-order valence-corrected chi connectivity index (χ0v) is 11.8. The molecule has 2 aromatic rings. The van der Waals surface area contributed by atoms with Gasteiger partial charge in [0, 0.05) is 22.6 Å². The van der Waals surface area contributed by atoms with Gasteiger partial charge in [0.25, 0.3) is 5.91 Å². The highest BCUT2D eigenvalue weighted by atomic mass is 16.1. The molecular formula is C14H17N5O. The van der Waals surface area contributed by atoms with Crippen LogP contribution in [0.15, 0.2) is 18.2 Å². The number of aryl methyl sites for hydroxylation is 3. The van der Waals surface area contributed by atoms with Crippen LogP contribution in [-0.4, -0.2) is 20.9 Å². The van der Waals surface area contributed by atoms with E-state index in [0.717, 1.165) is 17.1 Å². The average Bonchev–Trinajstić information content (AvgIpc) is 2.36. The fourth-order valence-corrected chi connectivity index (χ4v) is 1.88. The average molecular weight is 271 g/mol. The molecule has 2 rings (SSSR count).